The highest BCUT2D eigenvalue weighted by molar-refractivity contribution is 5.95. The first-order valence-electron chi connectivity index (χ1n) is 7.35. The molecule has 0 aromatic heterocycles. The van der Waals surface area contributed by atoms with Crippen LogP contribution in [0.15, 0.2) is 24.3 Å². The van der Waals surface area contributed by atoms with E-state index in [1.165, 1.54) is 0 Å². The van der Waals surface area contributed by atoms with Crippen LogP contribution >= 0.6 is 0 Å². The van der Waals surface area contributed by atoms with Gasteiger partial charge < -0.3 is 14.7 Å². The Hall–Kier alpha value is -1.88. The molecule has 3 rings (SSSR count). The molecule has 1 N–H and O–H groups in total. The molecule has 2 atom stereocenters. The predicted molar refractivity (Wildman–Crippen MR) is 76.3 cm³/mol. The van der Waals surface area contributed by atoms with Crippen molar-refractivity contribution < 1.29 is 19.4 Å². The van der Waals surface area contributed by atoms with Gasteiger partial charge in [-0.3, -0.25) is 9.59 Å². The molecule has 5 heteroatoms. The minimum Gasteiger partial charge on any atom is -0.481 e. The van der Waals surface area contributed by atoms with E-state index in [4.69, 9.17) is 9.84 Å². The van der Waals surface area contributed by atoms with Crippen molar-refractivity contribution >= 4 is 11.9 Å². The van der Waals surface area contributed by atoms with Gasteiger partial charge in [0, 0.05) is 31.2 Å². The van der Waals surface area contributed by atoms with E-state index in [1.807, 2.05) is 18.2 Å². The molecule has 21 heavy (non-hydrogen) atoms. The first kappa shape index (κ1) is 14.1. The van der Waals surface area contributed by atoms with E-state index in [2.05, 4.69) is 0 Å². The van der Waals surface area contributed by atoms with Crippen molar-refractivity contribution in [3.8, 4) is 0 Å². The topological polar surface area (TPSA) is 66.8 Å². The number of hydrogen-bond acceptors (Lipinski definition) is 3. The number of carboxylic acid groups (broad SMARTS) is 1. The van der Waals surface area contributed by atoms with Crippen LogP contribution in [0.1, 0.15) is 34.7 Å². The fourth-order valence-corrected chi connectivity index (χ4v) is 3.05. The minimum absolute atomic E-state index is 0.0699. The molecule has 2 aliphatic rings. The third kappa shape index (κ3) is 2.93. The molecule has 0 aliphatic carbocycles. The highest BCUT2D eigenvalue weighted by Crippen LogP contribution is 2.26. The summed E-state index contributed by atoms with van der Waals surface area (Å²) in [7, 11) is 0. The summed E-state index contributed by atoms with van der Waals surface area (Å²) in [6.45, 7) is 2.31. The van der Waals surface area contributed by atoms with Gasteiger partial charge in [-0.25, -0.2) is 0 Å². The molecule has 1 aromatic carbocycles. The second-order valence-electron chi connectivity index (χ2n) is 5.76. The van der Waals surface area contributed by atoms with Gasteiger partial charge in [-0.2, -0.15) is 0 Å². The molecule has 0 radical (unpaired) electrons. The second kappa shape index (κ2) is 5.85. The molecule has 112 valence electrons. The average Bonchev–Trinajstić information content (AvgIpc) is 3.18. The maximum absolute atomic E-state index is 12.5. The van der Waals surface area contributed by atoms with E-state index in [0.717, 1.165) is 18.6 Å². The van der Waals surface area contributed by atoms with Crippen molar-refractivity contribution in [3.05, 3.63) is 35.4 Å². The number of rotatable bonds is 3. The summed E-state index contributed by atoms with van der Waals surface area (Å²) >= 11 is 0. The molecule has 2 unspecified atom stereocenters. The summed E-state index contributed by atoms with van der Waals surface area (Å²) in [5.74, 6) is -0.954. The van der Waals surface area contributed by atoms with Crippen LogP contribution < -0.4 is 0 Å². The third-order valence-corrected chi connectivity index (χ3v) is 4.36. The van der Waals surface area contributed by atoms with E-state index < -0.39 is 11.9 Å². The minimum atomic E-state index is -0.817. The van der Waals surface area contributed by atoms with Crippen LogP contribution in [0.2, 0.25) is 0 Å². The third-order valence-electron chi connectivity index (χ3n) is 4.36. The van der Waals surface area contributed by atoms with Gasteiger partial charge in [0.25, 0.3) is 5.91 Å². The predicted octanol–water partition coefficient (Wildman–Crippen LogP) is 1.74. The molecule has 2 heterocycles. The number of aliphatic carboxylic acids is 1. The SMILES string of the molecule is O=C(O)C1CCN(C(=O)c2cccc(C3CCOC3)c2)C1. The Morgan fingerprint density at radius 3 is 2.81 bits per heavy atom. The number of carbonyl (C=O) groups is 2. The first-order valence-corrected chi connectivity index (χ1v) is 7.35. The van der Waals surface area contributed by atoms with Crippen LogP contribution in [0.25, 0.3) is 0 Å². The van der Waals surface area contributed by atoms with E-state index >= 15 is 0 Å². The van der Waals surface area contributed by atoms with Gasteiger partial charge in [0.2, 0.25) is 0 Å². The van der Waals surface area contributed by atoms with Crippen molar-refractivity contribution in [3.63, 3.8) is 0 Å². The summed E-state index contributed by atoms with van der Waals surface area (Å²) in [4.78, 5) is 25.1. The number of nitrogens with zero attached hydrogens (tertiary/aromatic N) is 1. The lowest BCUT2D eigenvalue weighted by atomic mass is 9.96. The fraction of sp³-hybridized carbons (Fsp3) is 0.500. The van der Waals surface area contributed by atoms with E-state index in [1.54, 1.807) is 11.0 Å². The summed E-state index contributed by atoms with van der Waals surface area (Å²) in [5, 5.41) is 9.02. The Morgan fingerprint density at radius 2 is 2.14 bits per heavy atom. The first-order chi connectivity index (χ1) is 10.1. The number of carboxylic acids is 1. The molecular formula is C16H19NO4. The van der Waals surface area contributed by atoms with Gasteiger partial charge in [0.1, 0.15) is 0 Å². The van der Waals surface area contributed by atoms with Crippen molar-refractivity contribution in [2.24, 2.45) is 5.92 Å². The highest BCUT2D eigenvalue weighted by atomic mass is 16.5. The molecule has 1 amide bonds. The number of ether oxygens (including phenoxy) is 1. The zero-order valence-electron chi connectivity index (χ0n) is 11.8. The second-order valence-corrected chi connectivity index (χ2v) is 5.76. The van der Waals surface area contributed by atoms with Gasteiger partial charge in [0.05, 0.1) is 12.5 Å². The molecule has 5 nitrogen and oxygen atoms in total. The van der Waals surface area contributed by atoms with Crippen LogP contribution in [0.4, 0.5) is 0 Å². The number of likely N-dealkylation sites (tertiary alicyclic amines) is 1. The normalized spacial score (nSPS) is 25.2. The highest BCUT2D eigenvalue weighted by Gasteiger charge is 2.31. The van der Waals surface area contributed by atoms with E-state index in [-0.39, 0.29) is 5.91 Å². The largest absolute Gasteiger partial charge is 0.481 e. The lowest BCUT2D eigenvalue weighted by Crippen LogP contribution is -2.30. The van der Waals surface area contributed by atoms with Crippen LogP contribution in [0.3, 0.4) is 0 Å². The van der Waals surface area contributed by atoms with E-state index in [0.29, 0.717) is 37.6 Å². The fourth-order valence-electron chi connectivity index (χ4n) is 3.05. The number of benzene rings is 1. The molecule has 0 bridgehead atoms. The molecular weight excluding hydrogens is 270 g/mol. The van der Waals surface area contributed by atoms with Crippen molar-refractivity contribution in [1.82, 2.24) is 4.90 Å². The van der Waals surface area contributed by atoms with Gasteiger partial charge in [-0.15, -0.1) is 0 Å². The van der Waals surface area contributed by atoms with Crippen LogP contribution in [0, 0.1) is 5.92 Å². The molecule has 2 saturated heterocycles. The summed E-state index contributed by atoms with van der Waals surface area (Å²) in [6, 6.07) is 7.65. The smallest absolute Gasteiger partial charge is 0.308 e. The Morgan fingerprint density at radius 1 is 1.29 bits per heavy atom. The van der Waals surface area contributed by atoms with Crippen LogP contribution in [-0.4, -0.2) is 48.2 Å². The van der Waals surface area contributed by atoms with Gasteiger partial charge in [-0.1, -0.05) is 12.1 Å². The quantitative estimate of drug-likeness (QED) is 0.920. The average molecular weight is 289 g/mol. The van der Waals surface area contributed by atoms with Crippen molar-refractivity contribution in [2.45, 2.75) is 18.8 Å². The lowest BCUT2D eigenvalue weighted by Gasteiger charge is -2.17. The Kier molecular flexibility index (Phi) is 3.92. The summed E-state index contributed by atoms with van der Waals surface area (Å²) < 4.78 is 5.39. The molecule has 1 aromatic rings. The summed E-state index contributed by atoms with van der Waals surface area (Å²) in [6.07, 6.45) is 1.53. The maximum atomic E-state index is 12.5. The molecule has 0 spiro atoms. The zero-order valence-corrected chi connectivity index (χ0v) is 11.8. The zero-order chi connectivity index (χ0) is 14.8. The van der Waals surface area contributed by atoms with Crippen LogP contribution in [0.5, 0.6) is 0 Å². The van der Waals surface area contributed by atoms with Gasteiger partial charge >= 0.3 is 5.97 Å². The Balaban J connectivity index is 1.73. The van der Waals surface area contributed by atoms with Gasteiger partial charge in [0.15, 0.2) is 0 Å². The van der Waals surface area contributed by atoms with E-state index in [9.17, 15) is 9.59 Å². The number of carbonyl (C=O) groups excluding carboxylic acids is 1. The molecule has 2 fully saturated rings. The maximum Gasteiger partial charge on any atom is 0.308 e. The van der Waals surface area contributed by atoms with Gasteiger partial charge in [-0.05, 0) is 30.5 Å². The number of hydrogen-bond donors (Lipinski definition) is 1. The molecule has 0 saturated carbocycles. The van der Waals surface area contributed by atoms with Crippen molar-refractivity contribution in [2.75, 3.05) is 26.3 Å². The summed E-state index contributed by atoms with van der Waals surface area (Å²) in [5.41, 5.74) is 1.78. The van der Waals surface area contributed by atoms with Crippen LogP contribution in [-0.2, 0) is 9.53 Å². The Bertz CT molecular complexity index is 551. The standard InChI is InChI=1S/C16H19NO4/c18-15(17-6-4-13(9-17)16(19)20)12-3-1-2-11(8-12)14-5-7-21-10-14/h1-3,8,13-14H,4-7,9-10H2,(H,19,20). The van der Waals surface area contributed by atoms with Crippen molar-refractivity contribution in [1.29, 1.82) is 0 Å². The number of amides is 1. The molecule has 2 aliphatic heterocycles. The lowest BCUT2D eigenvalue weighted by molar-refractivity contribution is -0.141. The monoisotopic (exact) mass is 289 g/mol. The Labute approximate surface area is 123 Å².